The van der Waals surface area contributed by atoms with Crippen molar-refractivity contribution in [2.45, 2.75) is 19.4 Å². The van der Waals surface area contributed by atoms with E-state index in [0.717, 1.165) is 6.42 Å². The highest BCUT2D eigenvalue weighted by Crippen LogP contribution is 2.27. The minimum atomic E-state index is 0.290. The van der Waals surface area contributed by atoms with Crippen molar-refractivity contribution in [2.75, 3.05) is 7.05 Å². The van der Waals surface area contributed by atoms with Gasteiger partial charge in [0.25, 0.3) is 0 Å². The van der Waals surface area contributed by atoms with Crippen LogP contribution < -0.4 is 5.32 Å². The number of aromatic nitrogens is 1. The van der Waals surface area contributed by atoms with Gasteiger partial charge in [0.15, 0.2) is 0 Å². The molecule has 2 aromatic heterocycles. The molecule has 16 heavy (non-hydrogen) atoms. The molecule has 0 saturated heterocycles. The van der Waals surface area contributed by atoms with E-state index >= 15 is 0 Å². The lowest BCUT2D eigenvalue weighted by Gasteiger charge is -2.17. The third kappa shape index (κ3) is 2.15. The smallest absolute Gasteiger partial charge is 0.0672 e. The molecule has 2 rings (SSSR count). The summed E-state index contributed by atoms with van der Waals surface area (Å²) in [7, 11) is 2.00. The molecule has 2 nitrogen and oxygen atoms in total. The van der Waals surface area contributed by atoms with E-state index in [1.165, 1.54) is 16.0 Å². The molecule has 2 aromatic rings. The molecular formula is C13H16N2S. The molecule has 1 unspecified atom stereocenters. The summed E-state index contributed by atoms with van der Waals surface area (Å²) in [5.74, 6) is 0. The summed E-state index contributed by atoms with van der Waals surface area (Å²) >= 11 is 1.79. The standard InChI is InChI=1S/C13H16N2S/c1-3-10-9-15-7-6-11(10)13(14-2)12-5-4-8-16-12/h4-9,13-14H,3H2,1-2H3. The maximum Gasteiger partial charge on any atom is 0.0672 e. The van der Waals surface area contributed by atoms with E-state index in [4.69, 9.17) is 0 Å². The minimum absolute atomic E-state index is 0.290. The number of nitrogens with one attached hydrogen (secondary N) is 1. The first-order valence-electron chi connectivity index (χ1n) is 5.50. The van der Waals surface area contributed by atoms with Gasteiger partial charge in [0.2, 0.25) is 0 Å². The van der Waals surface area contributed by atoms with Crippen LogP contribution in [0.5, 0.6) is 0 Å². The molecule has 1 atom stereocenters. The fourth-order valence-corrected chi connectivity index (χ4v) is 2.77. The Kier molecular flexibility index (Phi) is 3.70. The molecule has 0 aliphatic heterocycles. The molecule has 0 amide bonds. The molecule has 0 spiro atoms. The molecule has 0 saturated carbocycles. The van der Waals surface area contributed by atoms with E-state index in [2.05, 4.69) is 40.8 Å². The first-order valence-corrected chi connectivity index (χ1v) is 6.38. The van der Waals surface area contributed by atoms with E-state index in [-0.39, 0.29) is 6.04 Å². The Hall–Kier alpha value is -1.19. The van der Waals surface area contributed by atoms with E-state index in [1.54, 1.807) is 11.3 Å². The number of pyridine rings is 1. The maximum atomic E-state index is 4.19. The largest absolute Gasteiger partial charge is 0.309 e. The number of thiophene rings is 1. The van der Waals surface area contributed by atoms with Gasteiger partial charge >= 0.3 is 0 Å². The number of rotatable bonds is 4. The summed E-state index contributed by atoms with van der Waals surface area (Å²) in [6.07, 6.45) is 4.85. The van der Waals surface area contributed by atoms with Crippen molar-refractivity contribution in [1.82, 2.24) is 10.3 Å². The summed E-state index contributed by atoms with van der Waals surface area (Å²) in [4.78, 5) is 5.54. The van der Waals surface area contributed by atoms with Crippen molar-refractivity contribution in [3.63, 3.8) is 0 Å². The Bertz CT molecular complexity index is 437. The van der Waals surface area contributed by atoms with E-state index in [1.807, 2.05) is 19.4 Å². The van der Waals surface area contributed by atoms with Crippen molar-refractivity contribution in [3.05, 3.63) is 52.0 Å². The zero-order valence-corrected chi connectivity index (χ0v) is 10.4. The predicted octanol–water partition coefficient (Wildman–Crippen LogP) is 3.01. The third-order valence-corrected chi connectivity index (χ3v) is 3.69. The second-order valence-corrected chi connectivity index (χ2v) is 4.64. The van der Waals surface area contributed by atoms with Crippen LogP contribution in [-0.2, 0) is 6.42 Å². The Balaban J connectivity index is 2.41. The summed E-state index contributed by atoms with van der Waals surface area (Å²) in [6, 6.07) is 6.67. The van der Waals surface area contributed by atoms with Gasteiger partial charge in [0.05, 0.1) is 6.04 Å². The van der Waals surface area contributed by atoms with E-state index < -0.39 is 0 Å². The van der Waals surface area contributed by atoms with Gasteiger partial charge < -0.3 is 5.32 Å². The molecule has 3 heteroatoms. The van der Waals surface area contributed by atoms with Crippen molar-refractivity contribution in [1.29, 1.82) is 0 Å². The Morgan fingerprint density at radius 1 is 1.44 bits per heavy atom. The Morgan fingerprint density at radius 3 is 2.94 bits per heavy atom. The van der Waals surface area contributed by atoms with Crippen LogP contribution in [0.1, 0.15) is 29.0 Å². The Labute approximate surface area is 100 Å². The predicted molar refractivity (Wildman–Crippen MR) is 68.8 cm³/mol. The van der Waals surface area contributed by atoms with Crippen LogP contribution in [0.3, 0.4) is 0 Å². The molecule has 0 fully saturated rings. The van der Waals surface area contributed by atoms with Crippen molar-refractivity contribution in [2.24, 2.45) is 0 Å². The summed E-state index contributed by atoms with van der Waals surface area (Å²) in [5, 5.41) is 5.50. The zero-order chi connectivity index (χ0) is 11.4. The summed E-state index contributed by atoms with van der Waals surface area (Å²) in [6.45, 7) is 2.17. The van der Waals surface area contributed by atoms with Crippen molar-refractivity contribution in [3.8, 4) is 0 Å². The normalized spacial score (nSPS) is 12.6. The van der Waals surface area contributed by atoms with Crippen LogP contribution >= 0.6 is 11.3 Å². The van der Waals surface area contributed by atoms with Crippen LogP contribution in [0.25, 0.3) is 0 Å². The number of hydrogen-bond donors (Lipinski definition) is 1. The highest BCUT2D eigenvalue weighted by molar-refractivity contribution is 7.10. The van der Waals surface area contributed by atoms with Crippen molar-refractivity contribution < 1.29 is 0 Å². The van der Waals surface area contributed by atoms with Gasteiger partial charge in [-0.1, -0.05) is 13.0 Å². The Morgan fingerprint density at radius 2 is 2.31 bits per heavy atom. The van der Waals surface area contributed by atoms with Crippen LogP contribution in [0, 0.1) is 0 Å². The van der Waals surface area contributed by atoms with Crippen LogP contribution in [0.4, 0.5) is 0 Å². The second kappa shape index (κ2) is 5.23. The highest BCUT2D eigenvalue weighted by Gasteiger charge is 2.15. The lowest BCUT2D eigenvalue weighted by atomic mass is 10.00. The number of aryl methyl sites for hydroxylation is 1. The van der Waals surface area contributed by atoms with Crippen LogP contribution in [0.2, 0.25) is 0 Å². The van der Waals surface area contributed by atoms with E-state index in [9.17, 15) is 0 Å². The third-order valence-electron chi connectivity index (χ3n) is 2.75. The SMILES string of the molecule is CCc1cnccc1C(NC)c1cccs1. The highest BCUT2D eigenvalue weighted by atomic mass is 32.1. The zero-order valence-electron chi connectivity index (χ0n) is 9.60. The summed E-state index contributed by atoms with van der Waals surface area (Å²) in [5.41, 5.74) is 2.65. The topological polar surface area (TPSA) is 24.9 Å². The quantitative estimate of drug-likeness (QED) is 0.876. The van der Waals surface area contributed by atoms with Gasteiger partial charge in [0, 0.05) is 17.3 Å². The first-order chi connectivity index (χ1) is 7.86. The average Bonchev–Trinajstić information content (AvgIpc) is 2.84. The molecule has 0 bridgehead atoms. The molecule has 0 aliphatic rings. The molecular weight excluding hydrogens is 216 g/mol. The molecule has 84 valence electrons. The number of hydrogen-bond acceptors (Lipinski definition) is 3. The fourth-order valence-electron chi connectivity index (χ4n) is 1.92. The lowest BCUT2D eigenvalue weighted by molar-refractivity contribution is 0.694. The lowest BCUT2D eigenvalue weighted by Crippen LogP contribution is -2.18. The van der Waals surface area contributed by atoms with Gasteiger partial charge in [-0.25, -0.2) is 0 Å². The molecule has 0 aliphatic carbocycles. The van der Waals surface area contributed by atoms with Gasteiger partial charge in [-0.2, -0.15) is 0 Å². The van der Waals surface area contributed by atoms with Gasteiger partial charge in [-0.3, -0.25) is 4.98 Å². The second-order valence-electron chi connectivity index (χ2n) is 3.67. The summed E-state index contributed by atoms with van der Waals surface area (Å²) < 4.78 is 0. The molecule has 0 aromatic carbocycles. The van der Waals surface area contributed by atoms with Gasteiger partial charge in [-0.15, -0.1) is 11.3 Å². The molecule has 2 heterocycles. The fraction of sp³-hybridized carbons (Fsp3) is 0.308. The first kappa shape index (κ1) is 11.3. The molecule has 1 N–H and O–H groups in total. The average molecular weight is 232 g/mol. The molecule has 0 radical (unpaired) electrons. The van der Waals surface area contributed by atoms with Gasteiger partial charge in [0.1, 0.15) is 0 Å². The van der Waals surface area contributed by atoms with E-state index in [0.29, 0.717) is 0 Å². The maximum absolute atomic E-state index is 4.19. The number of nitrogens with zero attached hydrogens (tertiary/aromatic N) is 1. The van der Waals surface area contributed by atoms with Crippen molar-refractivity contribution >= 4 is 11.3 Å². The minimum Gasteiger partial charge on any atom is -0.309 e. The van der Waals surface area contributed by atoms with Crippen LogP contribution in [0.15, 0.2) is 36.0 Å². The van der Waals surface area contributed by atoms with Crippen LogP contribution in [-0.4, -0.2) is 12.0 Å². The monoisotopic (exact) mass is 232 g/mol. The van der Waals surface area contributed by atoms with Gasteiger partial charge in [-0.05, 0) is 42.1 Å².